The number of aliphatic hydroxyl groups is 1. The lowest BCUT2D eigenvalue weighted by Gasteiger charge is -2.37. The van der Waals surface area contributed by atoms with E-state index in [1.807, 2.05) is 18.2 Å². The van der Waals surface area contributed by atoms with Crippen molar-refractivity contribution in [3.8, 4) is 11.4 Å². The van der Waals surface area contributed by atoms with E-state index in [-0.39, 0.29) is 0 Å². The van der Waals surface area contributed by atoms with Crippen LogP contribution in [0.2, 0.25) is 0 Å². The second-order valence-electron chi connectivity index (χ2n) is 10.3. The molecule has 1 aliphatic rings. The van der Waals surface area contributed by atoms with E-state index in [4.69, 9.17) is 14.7 Å². The zero-order valence-corrected chi connectivity index (χ0v) is 22.2. The summed E-state index contributed by atoms with van der Waals surface area (Å²) in [6.07, 6.45) is 0.350. The molecule has 1 fully saturated rings. The Morgan fingerprint density at radius 1 is 0.917 bits per heavy atom. The van der Waals surface area contributed by atoms with Gasteiger partial charge in [0.25, 0.3) is 0 Å². The average Bonchev–Trinajstić information content (AvgIpc) is 2.86. The minimum absolute atomic E-state index is 0.393. The molecule has 0 radical (unpaired) electrons. The Morgan fingerprint density at radius 2 is 1.67 bits per heavy atom. The maximum atomic E-state index is 10.4. The van der Waals surface area contributed by atoms with Crippen LogP contribution in [0.5, 0.6) is 0 Å². The summed E-state index contributed by atoms with van der Waals surface area (Å²) >= 11 is 0. The van der Waals surface area contributed by atoms with Crippen LogP contribution < -0.4 is 4.90 Å². The number of β-amino-alcohol motifs (C(OH)–C–C–N with tert-alkyl or cyclic N) is 1. The van der Waals surface area contributed by atoms with E-state index >= 15 is 0 Å². The first-order chi connectivity index (χ1) is 17.4. The number of hydrogen-bond acceptors (Lipinski definition) is 6. The summed E-state index contributed by atoms with van der Waals surface area (Å²) in [4.78, 5) is 14.8. The summed E-state index contributed by atoms with van der Waals surface area (Å²) in [7, 11) is 0. The summed E-state index contributed by atoms with van der Waals surface area (Å²) in [6.45, 7) is 13.7. The first kappa shape index (κ1) is 26.3. The Hall–Kier alpha value is -2.80. The summed E-state index contributed by atoms with van der Waals surface area (Å²) in [5.74, 6) is 2.28. The third kappa shape index (κ3) is 7.12. The number of ether oxygens (including phenoxy) is 1. The molecule has 1 saturated heterocycles. The largest absolute Gasteiger partial charge is 0.389 e. The quantitative estimate of drug-likeness (QED) is 0.453. The normalized spacial score (nSPS) is 15.4. The standard InChI is InChI=1S/C30H40N4O2/c1-22(2)20-36-21-27(35)19-33-13-15-34(16-14-33)30-28(18-25-10-8-9-23(3)17-25)24(4)31-29(32-30)26-11-6-5-7-12-26/h5-12,17,22,27,35H,13-16,18-21H2,1-4H3/t27-/m0/s1. The Morgan fingerprint density at radius 3 is 2.36 bits per heavy atom. The molecule has 2 aromatic carbocycles. The Labute approximate surface area is 216 Å². The van der Waals surface area contributed by atoms with E-state index in [2.05, 4.69) is 73.9 Å². The molecule has 0 aliphatic carbocycles. The first-order valence-electron chi connectivity index (χ1n) is 13.1. The maximum absolute atomic E-state index is 10.4. The number of nitrogens with zero attached hydrogens (tertiary/aromatic N) is 4. The molecule has 36 heavy (non-hydrogen) atoms. The lowest BCUT2D eigenvalue weighted by molar-refractivity contribution is 0.00745. The van der Waals surface area contributed by atoms with Gasteiger partial charge < -0.3 is 14.7 Å². The number of hydrogen-bond donors (Lipinski definition) is 1. The van der Waals surface area contributed by atoms with Crippen molar-refractivity contribution < 1.29 is 9.84 Å². The summed E-state index contributed by atoms with van der Waals surface area (Å²) in [6, 6.07) is 18.9. The maximum Gasteiger partial charge on any atom is 0.161 e. The molecule has 0 spiro atoms. The van der Waals surface area contributed by atoms with Crippen molar-refractivity contribution >= 4 is 5.82 Å². The summed E-state index contributed by atoms with van der Waals surface area (Å²) in [5.41, 5.74) is 5.79. The van der Waals surface area contributed by atoms with Crippen molar-refractivity contribution in [2.75, 3.05) is 50.8 Å². The van der Waals surface area contributed by atoms with E-state index < -0.39 is 6.10 Å². The summed E-state index contributed by atoms with van der Waals surface area (Å²) in [5, 5.41) is 10.4. The molecule has 6 heteroatoms. The number of aliphatic hydroxyl groups excluding tert-OH is 1. The van der Waals surface area contributed by atoms with Crippen LogP contribution in [0.25, 0.3) is 11.4 Å². The average molecular weight is 489 g/mol. The third-order valence-corrected chi connectivity index (χ3v) is 6.59. The Kier molecular flexibility index (Phi) is 9.08. The Balaban J connectivity index is 1.51. The van der Waals surface area contributed by atoms with Crippen LogP contribution in [-0.2, 0) is 11.2 Å². The second kappa shape index (κ2) is 12.4. The van der Waals surface area contributed by atoms with Crippen LogP contribution in [0.4, 0.5) is 5.82 Å². The number of aryl methyl sites for hydroxylation is 2. The molecule has 3 aromatic rings. The minimum atomic E-state index is -0.460. The SMILES string of the molecule is Cc1cccc(Cc2c(C)nc(-c3ccccc3)nc2N2CCN(C[C@H](O)COCC(C)C)CC2)c1. The van der Waals surface area contributed by atoms with Crippen molar-refractivity contribution in [3.05, 3.63) is 77.0 Å². The van der Waals surface area contributed by atoms with Gasteiger partial charge in [-0.2, -0.15) is 0 Å². The van der Waals surface area contributed by atoms with E-state index in [9.17, 15) is 5.11 Å². The lowest BCUT2D eigenvalue weighted by atomic mass is 10.0. The Bertz CT molecular complexity index is 1110. The van der Waals surface area contributed by atoms with Crippen molar-refractivity contribution in [3.63, 3.8) is 0 Å². The van der Waals surface area contributed by atoms with Gasteiger partial charge in [0.15, 0.2) is 5.82 Å². The molecular formula is C30H40N4O2. The molecule has 1 aromatic heterocycles. The number of benzene rings is 2. The second-order valence-corrected chi connectivity index (χ2v) is 10.3. The zero-order valence-electron chi connectivity index (χ0n) is 22.2. The van der Waals surface area contributed by atoms with Gasteiger partial charge in [0.1, 0.15) is 5.82 Å². The molecule has 1 aliphatic heterocycles. The number of rotatable bonds is 10. The molecule has 0 saturated carbocycles. The number of aromatic nitrogens is 2. The monoisotopic (exact) mass is 488 g/mol. The van der Waals surface area contributed by atoms with Crippen LogP contribution in [-0.4, -0.2) is 72.0 Å². The minimum Gasteiger partial charge on any atom is -0.389 e. The molecule has 1 atom stereocenters. The lowest BCUT2D eigenvalue weighted by Crippen LogP contribution is -2.49. The third-order valence-electron chi connectivity index (χ3n) is 6.59. The molecular weight excluding hydrogens is 448 g/mol. The van der Waals surface area contributed by atoms with Crippen LogP contribution in [0, 0.1) is 19.8 Å². The predicted molar refractivity (Wildman–Crippen MR) is 147 cm³/mol. The van der Waals surface area contributed by atoms with Gasteiger partial charge in [0, 0.05) is 62.6 Å². The zero-order chi connectivity index (χ0) is 25.5. The van der Waals surface area contributed by atoms with Crippen molar-refractivity contribution in [2.24, 2.45) is 5.92 Å². The molecule has 1 N–H and O–H groups in total. The fourth-order valence-corrected chi connectivity index (χ4v) is 4.72. The highest BCUT2D eigenvalue weighted by molar-refractivity contribution is 5.61. The first-order valence-corrected chi connectivity index (χ1v) is 13.1. The van der Waals surface area contributed by atoms with Gasteiger partial charge in [-0.1, -0.05) is 74.0 Å². The van der Waals surface area contributed by atoms with Crippen molar-refractivity contribution in [2.45, 2.75) is 40.2 Å². The topological polar surface area (TPSA) is 61.7 Å². The highest BCUT2D eigenvalue weighted by Gasteiger charge is 2.24. The van der Waals surface area contributed by atoms with Gasteiger partial charge in [0.05, 0.1) is 12.7 Å². The van der Waals surface area contributed by atoms with Crippen LogP contribution in [0.15, 0.2) is 54.6 Å². The van der Waals surface area contributed by atoms with E-state index in [0.717, 1.165) is 55.5 Å². The fraction of sp³-hybridized carbons (Fsp3) is 0.467. The van der Waals surface area contributed by atoms with Gasteiger partial charge in [-0.3, -0.25) is 4.90 Å². The van der Waals surface area contributed by atoms with Gasteiger partial charge in [-0.25, -0.2) is 9.97 Å². The molecule has 6 nitrogen and oxygen atoms in total. The van der Waals surface area contributed by atoms with Crippen LogP contribution in [0.1, 0.15) is 36.2 Å². The van der Waals surface area contributed by atoms with Crippen molar-refractivity contribution in [1.82, 2.24) is 14.9 Å². The van der Waals surface area contributed by atoms with E-state index in [1.165, 1.54) is 16.7 Å². The smallest absolute Gasteiger partial charge is 0.161 e. The number of piperazine rings is 1. The van der Waals surface area contributed by atoms with E-state index in [0.29, 0.717) is 25.7 Å². The number of anilines is 1. The highest BCUT2D eigenvalue weighted by Crippen LogP contribution is 2.28. The highest BCUT2D eigenvalue weighted by atomic mass is 16.5. The predicted octanol–water partition coefficient (Wildman–Crippen LogP) is 4.51. The molecule has 2 heterocycles. The molecule has 0 bridgehead atoms. The van der Waals surface area contributed by atoms with Crippen LogP contribution in [0.3, 0.4) is 0 Å². The van der Waals surface area contributed by atoms with Gasteiger partial charge in [-0.05, 0) is 25.3 Å². The fourth-order valence-electron chi connectivity index (χ4n) is 4.72. The molecule has 192 valence electrons. The van der Waals surface area contributed by atoms with Gasteiger partial charge in [0.2, 0.25) is 0 Å². The van der Waals surface area contributed by atoms with Crippen LogP contribution >= 0.6 is 0 Å². The molecule has 0 unspecified atom stereocenters. The molecule has 4 rings (SSSR count). The van der Waals surface area contributed by atoms with Gasteiger partial charge >= 0.3 is 0 Å². The van der Waals surface area contributed by atoms with E-state index in [1.54, 1.807) is 0 Å². The van der Waals surface area contributed by atoms with Crippen molar-refractivity contribution in [1.29, 1.82) is 0 Å². The van der Waals surface area contributed by atoms with Gasteiger partial charge in [-0.15, -0.1) is 0 Å². The summed E-state index contributed by atoms with van der Waals surface area (Å²) < 4.78 is 5.63. The molecule has 0 amide bonds.